The summed E-state index contributed by atoms with van der Waals surface area (Å²) in [5.41, 5.74) is 0.488. The molecule has 0 unspecified atom stereocenters. The summed E-state index contributed by atoms with van der Waals surface area (Å²) in [5, 5.41) is 26.0. The van der Waals surface area contributed by atoms with Gasteiger partial charge in [0.25, 0.3) is 0 Å². The molecule has 1 aliphatic rings. The molecule has 9 N–H and O–H groups in total. The largest absolute Gasteiger partial charge is 0.480 e. The Kier molecular flexibility index (Phi) is 20.5. The van der Waals surface area contributed by atoms with Crippen molar-refractivity contribution in [3.05, 3.63) is 18.2 Å². The number of aliphatic carboxylic acids is 1. The fraction of sp³-hybridized carbons (Fsp3) is 0.657. The molecule has 1 aromatic rings. The van der Waals surface area contributed by atoms with Gasteiger partial charge in [-0.25, -0.2) is 4.98 Å². The average molecular weight is 777 g/mol. The number of nitrogens with zero attached hydrogens (tertiary/aromatic N) is 2. The Labute approximate surface area is 319 Å². The minimum Gasteiger partial charge on any atom is -0.480 e. The van der Waals surface area contributed by atoms with Crippen molar-refractivity contribution in [1.82, 2.24) is 52.1 Å². The SMILES string of the molecule is CCCCCCCC(=O)NCC(=O)NCC(=O)NCC(=O)N[C@@H](Cc1cnc[nH]1)C(=O)NCC(=O)N1CCC[C@H]1C(=O)N[C@@H](CC(C)C)C(=O)NCC(=O)O. The van der Waals surface area contributed by atoms with Crippen LogP contribution in [0.4, 0.5) is 0 Å². The van der Waals surface area contributed by atoms with E-state index >= 15 is 0 Å². The molecule has 20 heteroatoms. The van der Waals surface area contributed by atoms with E-state index < -0.39 is 91.6 Å². The van der Waals surface area contributed by atoms with Crippen LogP contribution in [0.1, 0.15) is 84.3 Å². The zero-order valence-electron chi connectivity index (χ0n) is 31.8. The molecule has 0 saturated carbocycles. The van der Waals surface area contributed by atoms with E-state index in [4.69, 9.17) is 5.11 Å². The van der Waals surface area contributed by atoms with Gasteiger partial charge in [0, 0.05) is 31.3 Å². The molecule has 8 amide bonds. The van der Waals surface area contributed by atoms with E-state index in [2.05, 4.69) is 54.1 Å². The number of aromatic nitrogens is 2. The molecule has 306 valence electrons. The monoisotopic (exact) mass is 776 g/mol. The fourth-order valence-electron chi connectivity index (χ4n) is 5.69. The molecular weight excluding hydrogens is 720 g/mol. The standard InChI is InChI=1S/C35H56N10O10/c1-4-5-6-7-8-11-27(46)37-16-28(47)38-17-29(48)39-18-30(49)43-25(14-23-15-36-21-42-23)34(54)40-19-31(50)45-12-9-10-26(45)35(55)44-24(13-22(2)3)33(53)41-20-32(51)52/h15,21-22,24-26H,4-14,16-20H2,1-3H3,(H,36,42)(H,37,46)(H,38,47)(H,39,48)(H,40,54)(H,41,53)(H,43,49)(H,44,55)(H,51,52)/t24-,25-,26-/m0/s1. The number of carboxylic acid groups (broad SMARTS) is 1. The maximum Gasteiger partial charge on any atom is 0.322 e. The number of imidazole rings is 1. The fourth-order valence-corrected chi connectivity index (χ4v) is 5.69. The molecule has 1 aromatic heterocycles. The summed E-state index contributed by atoms with van der Waals surface area (Å²) in [6, 6.07) is -3.15. The molecule has 0 bridgehead atoms. The predicted octanol–water partition coefficient (Wildman–Crippen LogP) is -2.01. The number of carbonyl (C=O) groups is 9. The number of unbranched alkanes of at least 4 members (excludes halogenated alkanes) is 4. The molecule has 0 aliphatic carbocycles. The summed E-state index contributed by atoms with van der Waals surface area (Å²) < 4.78 is 0. The third kappa shape index (κ3) is 18.4. The second-order valence-electron chi connectivity index (χ2n) is 13.7. The van der Waals surface area contributed by atoms with Crippen molar-refractivity contribution < 1.29 is 48.3 Å². The highest BCUT2D eigenvalue weighted by molar-refractivity contribution is 5.95. The summed E-state index contributed by atoms with van der Waals surface area (Å²) >= 11 is 0. The lowest BCUT2D eigenvalue weighted by Gasteiger charge is -2.27. The maximum absolute atomic E-state index is 13.2. The first-order valence-corrected chi connectivity index (χ1v) is 18.6. The molecule has 0 spiro atoms. The van der Waals surface area contributed by atoms with E-state index in [0.717, 1.165) is 32.1 Å². The number of amides is 8. The normalized spacial score (nSPS) is 14.6. The van der Waals surface area contributed by atoms with E-state index in [1.807, 2.05) is 13.8 Å². The van der Waals surface area contributed by atoms with Crippen LogP contribution in [0, 0.1) is 5.92 Å². The molecular formula is C35H56N10O10. The lowest BCUT2D eigenvalue weighted by atomic mass is 10.0. The molecule has 2 heterocycles. The van der Waals surface area contributed by atoms with Crippen LogP contribution in [-0.4, -0.2) is 131 Å². The number of rotatable bonds is 25. The van der Waals surface area contributed by atoms with E-state index in [1.165, 1.54) is 17.4 Å². The lowest BCUT2D eigenvalue weighted by Crippen LogP contribution is -2.55. The molecule has 0 radical (unpaired) electrons. The second-order valence-corrected chi connectivity index (χ2v) is 13.7. The third-order valence-corrected chi connectivity index (χ3v) is 8.52. The van der Waals surface area contributed by atoms with Gasteiger partial charge in [-0.3, -0.25) is 43.2 Å². The molecule has 1 aliphatic heterocycles. The number of nitrogens with one attached hydrogen (secondary N) is 8. The first kappa shape index (κ1) is 45.6. The van der Waals surface area contributed by atoms with Gasteiger partial charge in [0.2, 0.25) is 47.3 Å². The zero-order valence-corrected chi connectivity index (χ0v) is 31.8. The Balaban J connectivity index is 1.87. The maximum atomic E-state index is 13.2. The second kappa shape index (κ2) is 24.7. The summed E-state index contributed by atoms with van der Waals surface area (Å²) in [5.74, 6) is -6.09. The van der Waals surface area contributed by atoms with Crippen LogP contribution in [-0.2, 0) is 49.6 Å². The Morgan fingerprint density at radius 2 is 1.40 bits per heavy atom. The van der Waals surface area contributed by atoms with Crippen LogP contribution in [0.5, 0.6) is 0 Å². The van der Waals surface area contributed by atoms with E-state index in [1.54, 1.807) is 0 Å². The molecule has 3 atom stereocenters. The summed E-state index contributed by atoms with van der Waals surface area (Å²) in [7, 11) is 0. The number of likely N-dealkylation sites (tertiary alicyclic amines) is 1. The van der Waals surface area contributed by atoms with Crippen LogP contribution >= 0.6 is 0 Å². The van der Waals surface area contributed by atoms with Gasteiger partial charge < -0.3 is 52.2 Å². The molecule has 20 nitrogen and oxygen atoms in total. The van der Waals surface area contributed by atoms with E-state index in [9.17, 15) is 43.2 Å². The van der Waals surface area contributed by atoms with Gasteiger partial charge in [-0.1, -0.05) is 46.5 Å². The van der Waals surface area contributed by atoms with E-state index in [0.29, 0.717) is 25.0 Å². The van der Waals surface area contributed by atoms with Gasteiger partial charge in [0.05, 0.1) is 32.5 Å². The lowest BCUT2D eigenvalue weighted by molar-refractivity contribution is -0.140. The number of carbonyl (C=O) groups excluding carboxylic acids is 8. The van der Waals surface area contributed by atoms with Gasteiger partial charge in [0.15, 0.2) is 0 Å². The highest BCUT2D eigenvalue weighted by Gasteiger charge is 2.36. The van der Waals surface area contributed by atoms with Gasteiger partial charge in [-0.2, -0.15) is 0 Å². The first-order chi connectivity index (χ1) is 26.2. The first-order valence-electron chi connectivity index (χ1n) is 18.6. The Hall–Kier alpha value is -5.56. The van der Waals surface area contributed by atoms with Crippen molar-refractivity contribution in [1.29, 1.82) is 0 Å². The number of H-pyrrole nitrogens is 1. The summed E-state index contributed by atoms with van der Waals surface area (Å²) in [6.07, 6.45) is 9.01. The van der Waals surface area contributed by atoms with Crippen LogP contribution < -0.4 is 37.2 Å². The van der Waals surface area contributed by atoms with Crippen molar-refractivity contribution in [2.75, 3.05) is 39.3 Å². The topological polar surface area (TPSA) is 290 Å². The number of hydrogen-bond donors (Lipinski definition) is 9. The molecule has 1 fully saturated rings. The van der Waals surface area contributed by atoms with E-state index in [-0.39, 0.29) is 37.8 Å². The van der Waals surface area contributed by atoms with Crippen LogP contribution in [0.25, 0.3) is 0 Å². The Bertz CT molecular complexity index is 1470. The molecule has 1 saturated heterocycles. The molecule has 2 rings (SSSR count). The predicted molar refractivity (Wildman–Crippen MR) is 196 cm³/mol. The summed E-state index contributed by atoms with van der Waals surface area (Å²) in [4.78, 5) is 120. The average Bonchev–Trinajstić information content (AvgIpc) is 3.85. The number of carboxylic acids is 1. The van der Waals surface area contributed by atoms with Crippen molar-refractivity contribution in [2.45, 2.75) is 103 Å². The highest BCUT2D eigenvalue weighted by atomic mass is 16.4. The highest BCUT2D eigenvalue weighted by Crippen LogP contribution is 2.18. The van der Waals surface area contributed by atoms with Crippen molar-refractivity contribution in [3.8, 4) is 0 Å². The van der Waals surface area contributed by atoms with Crippen molar-refractivity contribution in [3.63, 3.8) is 0 Å². The van der Waals surface area contributed by atoms with Crippen LogP contribution in [0.2, 0.25) is 0 Å². The zero-order chi connectivity index (χ0) is 40.8. The van der Waals surface area contributed by atoms with Gasteiger partial charge >= 0.3 is 5.97 Å². The molecule has 55 heavy (non-hydrogen) atoms. The van der Waals surface area contributed by atoms with Gasteiger partial charge in [-0.15, -0.1) is 0 Å². The minimum absolute atomic E-state index is 0.0161. The third-order valence-electron chi connectivity index (χ3n) is 8.52. The summed E-state index contributed by atoms with van der Waals surface area (Å²) in [6.45, 7) is 3.57. The van der Waals surface area contributed by atoms with Gasteiger partial charge in [-0.05, 0) is 31.6 Å². The van der Waals surface area contributed by atoms with Crippen molar-refractivity contribution >= 4 is 53.2 Å². The van der Waals surface area contributed by atoms with Crippen LogP contribution in [0.3, 0.4) is 0 Å². The Morgan fingerprint density at radius 3 is 2.02 bits per heavy atom. The van der Waals surface area contributed by atoms with Gasteiger partial charge in [0.1, 0.15) is 24.7 Å². The Morgan fingerprint density at radius 1 is 0.782 bits per heavy atom. The number of hydrogen-bond acceptors (Lipinski definition) is 10. The number of aromatic amines is 1. The quantitative estimate of drug-likeness (QED) is 0.0489. The minimum atomic E-state index is -1.24. The molecule has 0 aromatic carbocycles. The van der Waals surface area contributed by atoms with Crippen LogP contribution in [0.15, 0.2) is 12.5 Å². The smallest absolute Gasteiger partial charge is 0.322 e. The van der Waals surface area contributed by atoms with Crippen molar-refractivity contribution in [2.24, 2.45) is 5.92 Å².